The number of carbonyl (C=O) groups is 1. The average molecular weight is 434 g/mol. The van der Waals surface area contributed by atoms with Gasteiger partial charge in [0, 0.05) is 18.6 Å². The topological polar surface area (TPSA) is 77.8 Å². The lowest BCUT2D eigenvalue weighted by Crippen LogP contribution is -2.42. The first kappa shape index (κ1) is 23.3. The predicted molar refractivity (Wildman–Crippen MR) is 122 cm³/mol. The molecule has 0 spiro atoms. The molecule has 6 heteroatoms. The van der Waals surface area contributed by atoms with E-state index < -0.39 is 17.3 Å². The van der Waals surface area contributed by atoms with E-state index in [2.05, 4.69) is 6.07 Å². The summed E-state index contributed by atoms with van der Waals surface area (Å²) in [6.45, 7) is 0.423. The van der Waals surface area contributed by atoms with Gasteiger partial charge in [-0.05, 0) is 22.4 Å². The molecule has 0 radical (unpaired) electrons. The van der Waals surface area contributed by atoms with Crippen LogP contribution in [-0.4, -0.2) is 47.1 Å². The van der Waals surface area contributed by atoms with Crippen LogP contribution in [0.15, 0.2) is 66.7 Å². The number of rotatable bonds is 10. The molecule has 166 valence electrons. The van der Waals surface area contributed by atoms with E-state index in [1.807, 2.05) is 66.7 Å². The highest BCUT2D eigenvalue weighted by atomic mass is 16.5. The summed E-state index contributed by atoms with van der Waals surface area (Å²) in [6, 6.07) is 23.4. The first-order valence-electron chi connectivity index (χ1n) is 10.3. The molecule has 3 aromatic carbocycles. The van der Waals surface area contributed by atoms with E-state index in [0.29, 0.717) is 17.9 Å². The standard InChI is InChI=1S/C26H27NO5/c1-29-15-16-32-18-26(17-27,25(28)31-3)24(22-12-6-7-14-23(22)30-2)21-13-8-10-19-9-4-5-11-20(19)21/h4-14,24H,15-16,18H2,1-3H3. The van der Waals surface area contributed by atoms with E-state index in [9.17, 15) is 10.1 Å². The molecule has 3 aromatic rings. The Bertz CT molecular complexity index is 1100. The maximum atomic E-state index is 13.3. The Hall–Kier alpha value is -3.40. The van der Waals surface area contributed by atoms with Crippen molar-refractivity contribution < 1.29 is 23.7 Å². The van der Waals surface area contributed by atoms with Gasteiger partial charge in [-0.25, -0.2) is 0 Å². The molecule has 0 heterocycles. The molecule has 0 saturated carbocycles. The van der Waals surface area contributed by atoms with Crippen LogP contribution in [0.1, 0.15) is 17.0 Å². The molecule has 0 saturated heterocycles. The fourth-order valence-corrected chi connectivity index (χ4v) is 4.07. The molecule has 0 aliphatic rings. The summed E-state index contributed by atoms with van der Waals surface area (Å²) in [6.07, 6.45) is 0. The maximum Gasteiger partial charge on any atom is 0.329 e. The van der Waals surface area contributed by atoms with E-state index >= 15 is 0 Å². The van der Waals surface area contributed by atoms with Gasteiger partial charge in [0.25, 0.3) is 0 Å². The van der Waals surface area contributed by atoms with Crippen molar-refractivity contribution in [3.8, 4) is 11.8 Å². The smallest absolute Gasteiger partial charge is 0.329 e. The van der Waals surface area contributed by atoms with Crippen molar-refractivity contribution in [1.29, 1.82) is 5.26 Å². The van der Waals surface area contributed by atoms with Crippen LogP contribution in [0.25, 0.3) is 10.8 Å². The molecule has 3 rings (SSSR count). The normalized spacial score (nSPS) is 13.7. The summed E-state index contributed by atoms with van der Waals surface area (Å²) in [4.78, 5) is 13.3. The van der Waals surface area contributed by atoms with Crippen molar-refractivity contribution in [3.63, 3.8) is 0 Å². The maximum absolute atomic E-state index is 13.3. The molecule has 0 N–H and O–H groups in total. The number of ether oxygens (including phenoxy) is 4. The van der Waals surface area contributed by atoms with Crippen molar-refractivity contribution >= 4 is 16.7 Å². The minimum atomic E-state index is -1.65. The van der Waals surface area contributed by atoms with Gasteiger partial charge in [-0.3, -0.25) is 4.79 Å². The first-order valence-corrected chi connectivity index (χ1v) is 10.3. The van der Waals surface area contributed by atoms with Gasteiger partial charge in [0.1, 0.15) is 5.75 Å². The Morgan fingerprint density at radius 2 is 1.62 bits per heavy atom. The van der Waals surface area contributed by atoms with Crippen molar-refractivity contribution in [2.45, 2.75) is 5.92 Å². The van der Waals surface area contributed by atoms with Gasteiger partial charge in [-0.1, -0.05) is 60.7 Å². The molecule has 2 unspecified atom stereocenters. The highest BCUT2D eigenvalue weighted by molar-refractivity contribution is 5.90. The van der Waals surface area contributed by atoms with Crippen LogP contribution >= 0.6 is 0 Å². The number of nitriles is 1. The van der Waals surface area contributed by atoms with Crippen LogP contribution in [0.2, 0.25) is 0 Å². The molecule has 0 fully saturated rings. The highest BCUT2D eigenvalue weighted by Gasteiger charge is 2.51. The number of para-hydroxylation sites is 1. The Morgan fingerprint density at radius 1 is 0.938 bits per heavy atom. The molecule has 0 amide bonds. The molecule has 0 aliphatic carbocycles. The number of nitrogens with zero attached hydrogens (tertiary/aromatic N) is 1. The quantitative estimate of drug-likeness (QED) is 0.350. The van der Waals surface area contributed by atoms with Crippen LogP contribution in [0.4, 0.5) is 0 Å². The number of esters is 1. The Balaban J connectivity index is 2.31. The fraction of sp³-hybridized carbons (Fsp3) is 0.308. The van der Waals surface area contributed by atoms with Crippen LogP contribution < -0.4 is 4.74 Å². The minimum absolute atomic E-state index is 0.161. The Kier molecular flexibility index (Phi) is 7.82. The number of hydrogen-bond acceptors (Lipinski definition) is 6. The average Bonchev–Trinajstić information content (AvgIpc) is 2.85. The molecule has 0 bridgehead atoms. The second kappa shape index (κ2) is 10.8. The molecule has 0 aliphatic heterocycles. The van der Waals surface area contributed by atoms with E-state index in [1.165, 1.54) is 7.11 Å². The van der Waals surface area contributed by atoms with Gasteiger partial charge < -0.3 is 18.9 Å². The van der Waals surface area contributed by atoms with Crippen LogP contribution in [0, 0.1) is 16.7 Å². The Morgan fingerprint density at radius 3 is 2.34 bits per heavy atom. The van der Waals surface area contributed by atoms with Crippen molar-refractivity contribution in [2.75, 3.05) is 41.2 Å². The van der Waals surface area contributed by atoms with Gasteiger partial charge in [0.15, 0.2) is 5.41 Å². The highest BCUT2D eigenvalue weighted by Crippen LogP contribution is 2.47. The van der Waals surface area contributed by atoms with Crippen LogP contribution in [0.5, 0.6) is 5.75 Å². The fourth-order valence-electron chi connectivity index (χ4n) is 4.07. The van der Waals surface area contributed by atoms with Gasteiger partial charge in [0.2, 0.25) is 0 Å². The molecule has 32 heavy (non-hydrogen) atoms. The third kappa shape index (κ3) is 4.45. The number of carbonyl (C=O) groups excluding carboxylic acids is 1. The Labute approximate surface area is 188 Å². The number of benzene rings is 3. The zero-order chi connectivity index (χ0) is 23.0. The summed E-state index contributed by atoms with van der Waals surface area (Å²) in [5.74, 6) is -0.795. The van der Waals surface area contributed by atoms with E-state index in [1.54, 1.807) is 14.2 Å². The van der Waals surface area contributed by atoms with Crippen molar-refractivity contribution in [3.05, 3.63) is 77.9 Å². The molecular formula is C26H27NO5. The van der Waals surface area contributed by atoms with E-state index in [0.717, 1.165) is 16.3 Å². The third-order valence-corrected chi connectivity index (χ3v) is 5.59. The van der Waals surface area contributed by atoms with Gasteiger partial charge in [-0.15, -0.1) is 0 Å². The number of fused-ring (bicyclic) bond motifs is 1. The van der Waals surface area contributed by atoms with Gasteiger partial charge in [-0.2, -0.15) is 5.26 Å². The first-order chi connectivity index (χ1) is 15.6. The second-order valence-electron chi connectivity index (χ2n) is 7.36. The zero-order valence-electron chi connectivity index (χ0n) is 18.5. The van der Waals surface area contributed by atoms with Gasteiger partial charge in [0.05, 0.1) is 40.1 Å². The molecule has 0 aromatic heterocycles. The predicted octanol–water partition coefficient (Wildman–Crippen LogP) is 4.33. The lowest BCUT2D eigenvalue weighted by atomic mass is 9.68. The van der Waals surface area contributed by atoms with Crippen molar-refractivity contribution in [2.24, 2.45) is 5.41 Å². The second-order valence-corrected chi connectivity index (χ2v) is 7.36. The number of methoxy groups -OCH3 is 3. The largest absolute Gasteiger partial charge is 0.496 e. The van der Waals surface area contributed by atoms with Crippen LogP contribution in [-0.2, 0) is 19.0 Å². The summed E-state index contributed by atoms with van der Waals surface area (Å²) in [5.41, 5.74) is -0.134. The molecule has 6 nitrogen and oxygen atoms in total. The lowest BCUT2D eigenvalue weighted by Gasteiger charge is -2.34. The van der Waals surface area contributed by atoms with E-state index in [4.69, 9.17) is 18.9 Å². The minimum Gasteiger partial charge on any atom is -0.496 e. The third-order valence-electron chi connectivity index (χ3n) is 5.59. The van der Waals surface area contributed by atoms with Crippen molar-refractivity contribution in [1.82, 2.24) is 0 Å². The monoisotopic (exact) mass is 433 g/mol. The van der Waals surface area contributed by atoms with Crippen LogP contribution in [0.3, 0.4) is 0 Å². The summed E-state index contributed by atoms with van der Waals surface area (Å²) in [7, 11) is 4.42. The summed E-state index contributed by atoms with van der Waals surface area (Å²) in [5, 5.41) is 12.4. The molecular weight excluding hydrogens is 406 g/mol. The van der Waals surface area contributed by atoms with E-state index in [-0.39, 0.29) is 13.2 Å². The molecule has 2 atom stereocenters. The number of hydrogen-bond donors (Lipinski definition) is 0. The van der Waals surface area contributed by atoms with Gasteiger partial charge >= 0.3 is 5.97 Å². The summed E-state index contributed by atoms with van der Waals surface area (Å²) < 4.78 is 21.6. The zero-order valence-corrected chi connectivity index (χ0v) is 18.5. The summed E-state index contributed by atoms with van der Waals surface area (Å²) >= 11 is 0. The lowest BCUT2D eigenvalue weighted by molar-refractivity contribution is -0.153. The SMILES string of the molecule is COCCOCC(C#N)(C(=O)OC)C(c1ccccc1OC)c1cccc2ccccc12.